The Balaban J connectivity index is 1.85. The van der Waals surface area contributed by atoms with E-state index in [1.807, 2.05) is 29.2 Å². The number of para-hydroxylation sites is 1. The Hall–Kier alpha value is -2.21. The monoisotopic (exact) mass is 300 g/mol. The maximum atomic E-state index is 12.8. The van der Waals surface area contributed by atoms with Gasteiger partial charge in [-0.3, -0.25) is 9.36 Å². The van der Waals surface area contributed by atoms with E-state index >= 15 is 0 Å². The van der Waals surface area contributed by atoms with E-state index in [0.29, 0.717) is 18.7 Å². The van der Waals surface area contributed by atoms with Crippen LogP contribution in [0, 0.1) is 5.92 Å². The summed E-state index contributed by atoms with van der Waals surface area (Å²) in [7, 11) is 0. The van der Waals surface area contributed by atoms with E-state index in [0.717, 1.165) is 12.1 Å². The molecule has 0 saturated carbocycles. The molecule has 6 heteroatoms. The summed E-state index contributed by atoms with van der Waals surface area (Å²) < 4.78 is 1.73. The van der Waals surface area contributed by atoms with Crippen molar-refractivity contribution in [2.24, 2.45) is 5.92 Å². The summed E-state index contributed by atoms with van der Waals surface area (Å²) in [6, 6.07) is 7.43. The summed E-state index contributed by atoms with van der Waals surface area (Å²) in [5.41, 5.74) is 0.630. The molecule has 1 amide bonds. The zero-order valence-electron chi connectivity index (χ0n) is 12.8. The summed E-state index contributed by atoms with van der Waals surface area (Å²) in [6.45, 7) is 4.86. The van der Waals surface area contributed by atoms with E-state index < -0.39 is 5.60 Å². The zero-order valence-corrected chi connectivity index (χ0v) is 12.8. The molecular weight excluding hydrogens is 280 g/mol. The summed E-state index contributed by atoms with van der Waals surface area (Å²) >= 11 is 0. The lowest BCUT2D eigenvalue weighted by molar-refractivity contribution is 0.0211. The second-order valence-electron chi connectivity index (χ2n) is 6.28. The number of nitrogens with zero attached hydrogens (tertiary/aromatic N) is 4. The van der Waals surface area contributed by atoms with Crippen molar-refractivity contribution < 1.29 is 9.90 Å². The Morgan fingerprint density at radius 1 is 1.27 bits per heavy atom. The van der Waals surface area contributed by atoms with E-state index in [1.54, 1.807) is 31.1 Å². The van der Waals surface area contributed by atoms with Gasteiger partial charge in [0.2, 0.25) is 0 Å². The highest BCUT2D eigenvalue weighted by Gasteiger charge is 2.36. The van der Waals surface area contributed by atoms with Gasteiger partial charge < -0.3 is 10.0 Å². The Morgan fingerprint density at radius 3 is 2.59 bits per heavy atom. The van der Waals surface area contributed by atoms with E-state index in [2.05, 4.69) is 10.2 Å². The van der Waals surface area contributed by atoms with Crippen LogP contribution in [0.4, 0.5) is 0 Å². The molecule has 1 aliphatic heterocycles. The molecule has 1 aromatic heterocycles. The number of hydrogen-bond donors (Lipinski definition) is 1. The number of benzene rings is 1. The molecule has 0 unspecified atom stereocenters. The largest absolute Gasteiger partial charge is 0.390 e. The predicted octanol–water partition coefficient (Wildman–Crippen LogP) is 1.50. The lowest BCUT2D eigenvalue weighted by Crippen LogP contribution is -2.35. The van der Waals surface area contributed by atoms with Crippen LogP contribution in [0.25, 0.3) is 5.69 Å². The molecule has 1 atom stereocenters. The van der Waals surface area contributed by atoms with Gasteiger partial charge in [-0.2, -0.15) is 0 Å². The second-order valence-corrected chi connectivity index (χ2v) is 6.28. The van der Waals surface area contributed by atoms with Crippen molar-refractivity contribution in [1.82, 2.24) is 19.7 Å². The molecule has 2 aromatic rings. The van der Waals surface area contributed by atoms with Crippen molar-refractivity contribution in [3.05, 3.63) is 42.5 Å². The van der Waals surface area contributed by atoms with Crippen LogP contribution in [0.1, 0.15) is 30.6 Å². The number of carbonyl (C=O) groups is 1. The number of hydrogen-bond acceptors (Lipinski definition) is 4. The van der Waals surface area contributed by atoms with Gasteiger partial charge in [-0.15, -0.1) is 10.2 Å². The van der Waals surface area contributed by atoms with Gasteiger partial charge in [-0.25, -0.2) is 0 Å². The van der Waals surface area contributed by atoms with Gasteiger partial charge in [0.05, 0.1) is 16.9 Å². The number of carbonyl (C=O) groups excluding carboxylic acids is 1. The van der Waals surface area contributed by atoms with Crippen LogP contribution in [-0.4, -0.2) is 49.4 Å². The molecule has 0 bridgehead atoms. The first-order valence-electron chi connectivity index (χ1n) is 7.42. The van der Waals surface area contributed by atoms with Gasteiger partial charge in [-0.1, -0.05) is 12.1 Å². The maximum Gasteiger partial charge on any atom is 0.255 e. The third kappa shape index (κ3) is 2.74. The molecule has 1 aromatic carbocycles. The maximum absolute atomic E-state index is 12.8. The first-order valence-corrected chi connectivity index (χ1v) is 7.42. The third-order valence-electron chi connectivity index (χ3n) is 4.31. The zero-order chi connectivity index (χ0) is 15.7. The second kappa shape index (κ2) is 5.53. The van der Waals surface area contributed by atoms with Crippen LogP contribution in [0.3, 0.4) is 0 Å². The van der Waals surface area contributed by atoms with Gasteiger partial charge in [0.25, 0.3) is 5.91 Å². The van der Waals surface area contributed by atoms with Crippen molar-refractivity contribution in [1.29, 1.82) is 0 Å². The molecular formula is C16H20N4O2. The van der Waals surface area contributed by atoms with Crippen LogP contribution in [0.5, 0.6) is 0 Å². The molecule has 0 spiro atoms. The van der Waals surface area contributed by atoms with E-state index in [-0.39, 0.29) is 11.8 Å². The average molecular weight is 300 g/mol. The normalized spacial score (nSPS) is 18.7. The molecule has 0 radical (unpaired) electrons. The topological polar surface area (TPSA) is 71.2 Å². The quantitative estimate of drug-likeness (QED) is 0.932. The summed E-state index contributed by atoms with van der Waals surface area (Å²) in [5.74, 6) is 0.0922. The molecule has 1 fully saturated rings. The van der Waals surface area contributed by atoms with Gasteiger partial charge >= 0.3 is 0 Å². The standard InChI is InChI=1S/C16H20N4O2/c1-16(2,22)12-7-8-19(9-12)15(21)13-5-3-4-6-14(13)20-10-17-18-11-20/h3-6,10-12,22H,7-9H2,1-2H3/t12-/m0/s1. The SMILES string of the molecule is CC(C)(O)[C@H]1CCN(C(=O)c2ccccc2-n2cnnc2)C1. The van der Waals surface area contributed by atoms with E-state index in [9.17, 15) is 9.90 Å². The van der Waals surface area contributed by atoms with Crippen molar-refractivity contribution in [3.8, 4) is 5.69 Å². The molecule has 6 nitrogen and oxygen atoms in total. The van der Waals surface area contributed by atoms with Crippen molar-refractivity contribution >= 4 is 5.91 Å². The lowest BCUT2D eigenvalue weighted by atomic mass is 9.90. The minimum atomic E-state index is -0.761. The van der Waals surface area contributed by atoms with Gasteiger partial charge in [0.1, 0.15) is 12.7 Å². The smallest absolute Gasteiger partial charge is 0.255 e. The molecule has 1 aliphatic rings. The van der Waals surface area contributed by atoms with Crippen molar-refractivity contribution in [2.45, 2.75) is 25.9 Å². The summed E-state index contributed by atoms with van der Waals surface area (Å²) in [5, 5.41) is 17.7. The van der Waals surface area contributed by atoms with Gasteiger partial charge in [-0.05, 0) is 32.4 Å². The molecule has 3 rings (SSSR count). The van der Waals surface area contributed by atoms with E-state index in [1.165, 1.54) is 0 Å². The van der Waals surface area contributed by atoms with Crippen LogP contribution < -0.4 is 0 Å². The fraction of sp³-hybridized carbons (Fsp3) is 0.438. The number of aliphatic hydroxyl groups is 1. The van der Waals surface area contributed by atoms with Gasteiger partial charge in [0.15, 0.2) is 0 Å². The lowest BCUT2D eigenvalue weighted by Gasteiger charge is -2.25. The molecule has 1 N–H and O–H groups in total. The average Bonchev–Trinajstić information content (AvgIpc) is 3.17. The number of aromatic nitrogens is 3. The molecule has 22 heavy (non-hydrogen) atoms. The molecule has 2 heterocycles. The first-order chi connectivity index (χ1) is 10.5. The highest BCUT2D eigenvalue weighted by atomic mass is 16.3. The molecule has 116 valence electrons. The summed E-state index contributed by atoms with van der Waals surface area (Å²) in [6.07, 6.45) is 3.98. The van der Waals surface area contributed by atoms with Crippen LogP contribution in [0.2, 0.25) is 0 Å². The van der Waals surface area contributed by atoms with E-state index in [4.69, 9.17) is 0 Å². The Labute approximate surface area is 129 Å². The van der Waals surface area contributed by atoms with Crippen LogP contribution >= 0.6 is 0 Å². The predicted molar refractivity (Wildman–Crippen MR) is 81.7 cm³/mol. The van der Waals surface area contributed by atoms with Crippen molar-refractivity contribution in [3.63, 3.8) is 0 Å². The minimum Gasteiger partial charge on any atom is -0.390 e. The summed E-state index contributed by atoms with van der Waals surface area (Å²) in [4.78, 5) is 14.6. The Kier molecular flexibility index (Phi) is 3.70. The van der Waals surface area contributed by atoms with Crippen molar-refractivity contribution in [2.75, 3.05) is 13.1 Å². The third-order valence-corrected chi connectivity index (χ3v) is 4.31. The van der Waals surface area contributed by atoms with Gasteiger partial charge in [0, 0.05) is 19.0 Å². The molecule has 0 aliphatic carbocycles. The Bertz CT molecular complexity index is 661. The minimum absolute atomic E-state index is 0.0175. The molecule has 1 saturated heterocycles. The fourth-order valence-electron chi connectivity index (χ4n) is 2.90. The highest BCUT2D eigenvalue weighted by Crippen LogP contribution is 2.28. The first kappa shape index (κ1) is 14.7. The van der Waals surface area contributed by atoms with Crippen LogP contribution in [0.15, 0.2) is 36.9 Å². The van der Waals surface area contributed by atoms with Crippen LogP contribution in [-0.2, 0) is 0 Å². The number of likely N-dealkylation sites (tertiary alicyclic amines) is 1. The number of rotatable bonds is 3. The Morgan fingerprint density at radius 2 is 1.95 bits per heavy atom. The number of amides is 1. The fourth-order valence-corrected chi connectivity index (χ4v) is 2.90. The highest BCUT2D eigenvalue weighted by molar-refractivity contribution is 5.98.